The van der Waals surface area contributed by atoms with Crippen molar-refractivity contribution >= 4 is 23.2 Å². The molecule has 78 valence electrons. The molecule has 0 bridgehead atoms. The molecule has 0 heterocycles. The van der Waals surface area contributed by atoms with E-state index in [1.54, 1.807) is 6.07 Å². The topological polar surface area (TPSA) is 3.24 Å². The molecule has 1 rings (SSSR count). The first-order valence-electron chi connectivity index (χ1n) is 4.75. The highest BCUT2D eigenvalue weighted by atomic mass is 35.5. The zero-order valence-electron chi connectivity index (χ0n) is 8.56. The second-order valence-electron chi connectivity index (χ2n) is 3.52. The van der Waals surface area contributed by atoms with E-state index in [0.717, 1.165) is 19.5 Å². The standard InChI is InChI=1S/C11H15Cl2N/c1-3-4-14(2)8-9-5-10(12)7-11(13)6-9/h5-7H,3-4,8H2,1-2H3. The molecule has 0 aliphatic carbocycles. The van der Waals surface area contributed by atoms with Gasteiger partial charge in [-0.2, -0.15) is 0 Å². The number of hydrogen-bond donors (Lipinski definition) is 0. The molecule has 0 radical (unpaired) electrons. The second-order valence-corrected chi connectivity index (χ2v) is 4.39. The van der Waals surface area contributed by atoms with Crippen LogP contribution in [0.15, 0.2) is 18.2 Å². The molecule has 0 N–H and O–H groups in total. The van der Waals surface area contributed by atoms with Crippen molar-refractivity contribution in [3.63, 3.8) is 0 Å². The summed E-state index contributed by atoms with van der Waals surface area (Å²) in [4.78, 5) is 2.25. The number of hydrogen-bond acceptors (Lipinski definition) is 1. The number of benzene rings is 1. The average Bonchev–Trinajstić information content (AvgIpc) is 2.01. The second kappa shape index (κ2) is 5.59. The van der Waals surface area contributed by atoms with Crippen LogP contribution in [0.3, 0.4) is 0 Å². The normalized spacial score (nSPS) is 10.9. The SMILES string of the molecule is CCCN(C)Cc1cc(Cl)cc(Cl)c1. The lowest BCUT2D eigenvalue weighted by Gasteiger charge is -2.15. The number of nitrogens with zero attached hydrogens (tertiary/aromatic N) is 1. The fourth-order valence-corrected chi connectivity index (χ4v) is 2.05. The summed E-state index contributed by atoms with van der Waals surface area (Å²) in [6.45, 7) is 4.15. The Morgan fingerprint density at radius 1 is 1.14 bits per heavy atom. The molecule has 1 nitrogen and oxygen atoms in total. The van der Waals surface area contributed by atoms with Crippen molar-refractivity contribution in [2.24, 2.45) is 0 Å². The van der Waals surface area contributed by atoms with Crippen LogP contribution in [0.2, 0.25) is 10.0 Å². The smallest absolute Gasteiger partial charge is 0.0424 e. The first-order chi connectivity index (χ1) is 6.61. The van der Waals surface area contributed by atoms with E-state index in [9.17, 15) is 0 Å². The van der Waals surface area contributed by atoms with Gasteiger partial charge in [-0.1, -0.05) is 30.1 Å². The first-order valence-corrected chi connectivity index (χ1v) is 5.51. The predicted molar refractivity (Wildman–Crippen MR) is 63.1 cm³/mol. The highest BCUT2D eigenvalue weighted by Crippen LogP contribution is 2.19. The zero-order chi connectivity index (χ0) is 10.6. The van der Waals surface area contributed by atoms with Crippen molar-refractivity contribution in [3.8, 4) is 0 Å². The van der Waals surface area contributed by atoms with Gasteiger partial charge in [0.25, 0.3) is 0 Å². The lowest BCUT2D eigenvalue weighted by Crippen LogP contribution is -2.18. The first kappa shape index (κ1) is 11.8. The van der Waals surface area contributed by atoms with Gasteiger partial charge in [0.2, 0.25) is 0 Å². The molecule has 0 fully saturated rings. The summed E-state index contributed by atoms with van der Waals surface area (Å²) in [6.07, 6.45) is 1.16. The lowest BCUT2D eigenvalue weighted by atomic mass is 10.2. The zero-order valence-corrected chi connectivity index (χ0v) is 10.1. The molecule has 0 unspecified atom stereocenters. The van der Waals surface area contributed by atoms with Gasteiger partial charge >= 0.3 is 0 Å². The van der Waals surface area contributed by atoms with Gasteiger partial charge in [-0.3, -0.25) is 0 Å². The van der Waals surface area contributed by atoms with Gasteiger partial charge in [-0.25, -0.2) is 0 Å². The summed E-state index contributed by atoms with van der Waals surface area (Å²) in [5, 5.41) is 1.41. The van der Waals surface area contributed by atoms with Crippen LogP contribution in [0.25, 0.3) is 0 Å². The fraction of sp³-hybridized carbons (Fsp3) is 0.455. The minimum absolute atomic E-state index is 0.706. The van der Waals surface area contributed by atoms with Gasteiger partial charge in [-0.05, 0) is 43.8 Å². The van der Waals surface area contributed by atoms with Crippen LogP contribution in [0.4, 0.5) is 0 Å². The third-order valence-electron chi connectivity index (χ3n) is 1.98. The molecule has 0 aliphatic heterocycles. The Hall–Kier alpha value is -0.240. The van der Waals surface area contributed by atoms with Crippen LogP contribution < -0.4 is 0 Å². The van der Waals surface area contributed by atoms with Gasteiger partial charge < -0.3 is 4.90 Å². The summed E-state index contributed by atoms with van der Waals surface area (Å²) in [5.74, 6) is 0. The Morgan fingerprint density at radius 2 is 1.71 bits per heavy atom. The van der Waals surface area contributed by atoms with E-state index in [4.69, 9.17) is 23.2 Å². The predicted octanol–water partition coefficient (Wildman–Crippen LogP) is 3.84. The molecule has 0 aromatic heterocycles. The third kappa shape index (κ3) is 3.87. The summed E-state index contributed by atoms with van der Waals surface area (Å²) in [5.41, 5.74) is 1.17. The summed E-state index contributed by atoms with van der Waals surface area (Å²) >= 11 is 11.8. The number of halogens is 2. The van der Waals surface area contributed by atoms with Crippen molar-refractivity contribution < 1.29 is 0 Å². The molecule has 0 aliphatic rings. The largest absolute Gasteiger partial charge is 0.302 e. The highest BCUT2D eigenvalue weighted by Gasteiger charge is 2.01. The molecule has 0 amide bonds. The average molecular weight is 232 g/mol. The fourth-order valence-electron chi connectivity index (χ4n) is 1.47. The molecule has 1 aromatic rings. The van der Waals surface area contributed by atoms with Crippen molar-refractivity contribution in [3.05, 3.63) is 33.8 Å². The van der Waals surface area contributed by atoms with Crippen molar-refractivity contribution in [1.29, 1.82) is 0 Å². The Labute approximate surface area is 95.6 Å². The van der Waals surface area contributed by atoms with Crippen molar-refractivity contribution in [2.75, 3.05) is 13.6 Å². The Balaban J connectivity index is 2.66. The minimum atomic E-state index is 0.706. The van der Waals surface area contributed by atoms with Crippen LogP contribution in [-0.2, 0) is 6.54 Å². The van der Waals surface area contributed by atoms with Crippen LogP contribution in [0.1, 0.15) is 18.9 Å². The maximum absolute atomic E-state index is 5.91. The minimum Gasteiger partial charge on any atom is -0.302 e. The molecule has 3 heteroatoms. The maximum Gasteiger partial charge on any atom is 0.0424 e. The molecular weight excluding hydrogens is 217 g/mol. The van der Waals surface area contributed by atoms with Crippen LogP contribution >= 0.6 is 23.2 Å². The van der Waals surface area contributed by atoms with Crippen LogP contribution in [0, 0.1) is 0 Å². The van der Waals surface area contributed by atoms with E-state index >= 15 is 0 Å². The molecule has 1 aromatic carbocycles. The van der Waals surface area contributed by atoms with Gasteiger partial charge in [-0.15, -0.1) is 0 Å². The molecule has 14 heavy (non-hydrogen) atoms. The van der Waals surface area contributed by atoms with Gasteiger partial charge in [0.1, 0.15) is 0 Å². The Morgan fingerprint density at radius 3 is 2.21 bits per heavy atom. The van der Waals surface area contributed by atoms with Gasteiger partial charge in [0, 0.05) is 16.6 Å². The highest BCUT2D eigenvalue weighted by molar-refractivity contribution is 6.34. The van der Waals surface area contributed by atoms with Crippen LogP contribution in [0.5, 0.6) is 0 Å². The summed E-state index contributed by atoms with van der Waals surface area (Å²) in [6, 6.07) is 5.67. The lowest BCUT2D eigenvalue weighted by molar-refractivity contribution is 0.327. The van der Waals surface area contributed by atoms with E-state index in [-0.39, 0.29) is 0 Å². The Bertz CT molecular complexity index is 279. The van der Waals surface area contributed by atoms with E-state index < -0.39 is 0 Å². The molecule has 0 saturated carbocycles. The molecule has 0 saturated heterocycles. The monoisotopic (exact) mass is 231 g/mol. The summed E-state index contributed by atoms with van der Waals surface area (Å²) < 4.78 is 0. The summed E-state index contributed by atoms with van der Waals surface area (Å²) in [7, 11) is 2.10. The van der Waals surface area contributed by atoms with Crippen molar-refractivity contribution in [1.82, 2.24) is 4.90 Å². The Kier molecular flexibility index (Phi) is 4.73. The molecule has 0 atom stereocenters. The van der Waals surface area contributed by atoms with E-state index in [0.29, 0.717) is 10.0 Å². The molecular formula is C11H15Cl2N. The van der Waals surface area contributed by atoms with E-state index in [2.05, 4.69) is 18.9 Å². The third-order valence-corrected chi connectivity index (χ3v) is 2.42. The molecule has 0 spiro atoms. The maximum atomic E-state index is 5.91. The quantitative estimate of drug-likeness (QED) is 0.762. The van der Waals surface area contributed by atoms with Crippen molar-refractivity contribution in [2.45, 2.75) is 19.9 Å². The number of rotatable bonds is 4. The van der Waals surface area contributed by atoms with Gasteiger partial charge in [0.15, 0.2) is 0 Å². The van der Waals surface area contributed by atoms with E-state index in [1.807, 2.05) is 12.1 Å². The van der Waals surface area contributed by atoms with E-state index in [1.165, 1.54) is 5.56 Å². The van der Waals surface area contributed by atoms with Crippen LogP contribution in [-0.4, -0.2) is 18.5 Å². The van der Waals surface area contributed by atoms with Gasteiger partial charge in [0.05, 0.1) is 0 Å².